The number of H-pyrrole nitrogens is 1. The predicted molar refractivity (Wildman–Crippen MR) is 52.6 cm³/mol. The number of aromatic nitrogens is 4. The first-order valence-corrected chi connectivity index (χ1v) is 5.38. The van der Waals surface area contributed by atoms with E-state index < -0.39 is 18.2 Å². The molecule has 2 aliphatic heterocycles. The number of nitrogens with zero attached hydrogens (tertiary/aromatic N) is 3. The summed E-state index contributed by atoms with van der Waals surface area (Å²) in [6, 6.07) is 0. The quantitative estimate of drug-likeness (QED) is 0.765. The van der Waals surface area contributed by atoms with Gasteiger partial charge in [-0.1, -0.05) is 0 Å². The molecule has 4 atom stereocenters. The van der Waals surface area contributed by atoms with Crippen molar-refractivity contribution < 1.29 is 18.9 Å². The van der Waals surface area contributed by atoms with Crippen LogP contribution in [0.1, 0.15) is 25.8 Å². The van der Waals surface area contributed by atoms with E-state index in [9.17, 15) is 0 Å². The van der Waals surface area contributed by atoms with Gasteiger partial charge in [-0.2, -0.15) is 0 Å². The van der Waals surface area contributed by atoms with Gasteiger partial charge in [-0.3, -0.25) is 0 Å². The van der Waals surface area contributed by atoms with E-state index in [4.69, 9.17) is 18.9 Å². The van der Waals surface area contributed by atoms with Gasteiger partial charge in [0, 0.05) is 7.11 Å². The molecule has 2 saturated heterocycles. The number of hydrogen-bond acceptors (Lipinski definition) is 7. The molecule has 3 rings (SSSR count). The zero-order valence-electron chi connectivity index (χ0n) is 9.78. The molecule has 1 aromatic rings. The van der Waals surface area contributed by atoms with Crippen molar-refractivity contribution in [1.29, 1.82) is 0 Å². The molecule has 2 aliphatic rings. The van der Waals surface area contributed by atoms with Crippen molar-refractivity contribution in [2.75, 3.05) is 7.11 Å². The SMILES string of the molecule is COC1OC(c2nnn[nH]2)[C@H]2OC(C)(C)O[C@@H]12. The molecule has 2 unspecified atom stereocenters. The molecule has 17 heavy (non-hydrogen) atoms. The Morgan fingerprint density at radius 2 is 2.06 bits per heavy atom. The summed E-state index contributed by atoms with van der Waals surface area (Å²) in [4.78, 5) is 0. The zero-order valence-corrected chi connectivity index (χ0v) is 9.78. The Morgan fingerprint density at radius 3 is 2.71 bits per heavy atom. The lowest BCUT2D eigenvalue weighted by Gasteiger charge is -2.22. The van der Waals surface area contributed by atoms with Gasteiger partial charge in [-0.05, 0) is 24.3 Å². The molecule has 94 valence electrons. The third-order valence-corrected chi connectivity index (χ3v) is 2.87. The van der Waals surface area contributed by atoms with Crippen LogP contribution in [0.4, 0.5) is 0 Å². The third-order valence-electron chi connectivity index (χ3n) is 2.87. The summed E-state index contributed by atoms with van der Waals surface area (Å²) in [5.74, 6) is -0.137. The van der Waals surface area contributed by atoms with Gasteiger partial charge in [0.05, 0.1) is 0 Å². The summed E-state index contributed by atoms with van der Waals surface area (Å²) in [6.45, 7) is 3.71. The molecule has 8 heteroatoms. The minimum atomic E-state index is -0.651. The standard InChI is InChI=1S/C9H14N4O4/c1-9(2)16-4-5(7-10-12-13-11-7)15-8(14-3)6(4)17-9/h4-6,8H,1-3H3,(H,10,11,12,13)/t4-,5?,6-,8?/m1/s1. The minimum Gasteiger partial charge on any atom is -0.353 e. The van der Waals surface area contributed by atoms with E-state index in [1.54, 1.807) is 7.11 Å². The fourth-order valence-electron chi connectivity index (χ4n) is 2.26. The first-order chi connectivity index (χ1) is 8.11. The van der Waals surface area contributed by atoms with Crippen LogP contribution >= 0.6 is 0 Å². The van der Waals surface area contributed by atoms with Crippen LogP contribution in [-0.2, 0) is 18.9 Å². The number of aromatic amines is 1. The van der Waals surface area contributed by atoms with Gasteiger partial charge >= 0.3 is 0 Å². The monoisotopic (exact) mass is 242 g/mol. The van der Waals surface area contributed by atoms with Gasteiger partial charge in [0.2, 0.25) is 0 Å². The highest BCUT2D eigenvalue weighted by Crippen LogP contribution is 2.44. The van der Waals surface area contributed by atoms with Gasteiger partial charge in [-0.15, -0.1) is 5.10 Å². The van der Waals surface area contributed by atoms with E-state index in [0.717, 1.165) is 0 Å². The third kappa shape index (κ3) is 1.73. The van der Waals surface area contributed by atoms with E-state index in [2.05, 4.69) is 20.6 Å². The Hall–Kier alpha value is -1.09. The highest BCUT2D eigenvalue weighted by atomic mass is 16.8. The molecule has 3 heterocycles. The maximum atomic E-state index is 5.80. The molecule has 0 aromatic carbocycles. The fraction of sp³-hybridized carbons (Fsp3) is 0.889. The first-order valence-electron chi connectivity index (χ1n) is 5.38. The molecular formula is C9H14N4O4. The molecule has 8 nitrogen and oxygen atoms in total. The lowest BCUT2D eigenvalue weighted by molar-refractivity contribution is -0.229. The van der Waals surface area contributed by atoms with Crippen molar-refractivity contribution in [2.24, 2.45) is 0 Å². The minimum absolute atomic E-state index is 0.273. The number of fused-ring (bicyclic) bond motifs is 1. The molecule has 0 bridgehead atoms. The van der Waals surface area contributed by atoms with E-state index >= 15 is 0 Å². The van der Waals surface area contributed by atoms with Crippen LogP contribution in [0, 0.1) is 0 Å². The normalized spacial score (nSPS) is 39.5. The lowest BCUT2D eigenvalue weighted by atomic mass is 10.1. The van der Waals surface area contributed by atoms with E-state index in [1.807, 2.05) is 13.8 Å². The first kappa shape index (κ1) is 11.0. The second-order valence-corrected chi connectivity index (χ2v) is 4.51. The number of methoxy groups -OCH3 is 1. The average Bonchev–Trinajstić information content (AvgIpc) is 2.91. The molecule has 0 amide bonds. The smallest absolute Gasteiger partial charge is 0.187 e. The highest BCUT2D eigenvalue weighted by Gasteiger charge is 2.57. The predicted octanol–water partition coefficient (Wildman–Crippen LogP) is -0.236. The van der Waals surface area contributed by atoms with Crippen LogP contribution in [0.3, 0.4) is 0 Å². The van der Waals surface area contributed by atoms with Crippen molar-refractivity contribution in [2.45, 2.75) is 44.2 Å². The van der Waals surface area contributed by atoms with E-state index in [0.29, 0.717) is 5.82 Å². The molecule has 0 saturated carbocycles. The lowest BCUT2D eigenvalue weighted by Crippen LogP contribution is -2.30. The number of rotatable bonds is 2. The topological polar surface area (TPSA) is 91.4 Å². The van der Waals surface area contributed by atoms with Crippen molar-refractivity contribution in [1.82, 2.24) is 20.6 Å². The van der Waals surface area contributed by atoms with Crippen LogP contribution in [0.2, 0.25) is 0 Å². The van der Waals surface area contributed by atoms with Gasteiger partial charge in [0.15, 0.2) is 24.0 Å². The Bertz CT molecular complexity index is 396. The van der Waals surface area contributed by atoms with Crippen LogP contribution in [0.25, 0.3) is 0 Å². The van der Waals surface area contributed by atoms with Crippen molar-refractivity contribution >= 4 is 0 Å². The van der Waals surface area contributed by atoms with E-state index in [-0.39, 0.29) is 12.2 Å². The summed E-state index contributed by atoms with van der Waals surface area (Å²) in [6.07, 6.45) is -1.42. The molecule has 1 N–H and O–H groups in total. The zero-order chi connectivity index (χ0) is 12.0. The Morgan fingerprint density at radius 1 is 1.29 bits per heavy atom. The summed E-state index contributed by atoms with van der Waals surface area (Å²) >= 11 is 0. The largest absolute Gasteiger partial charge is 0.353 e. The molecule has 0 radical (unpaired) electrons. The number of hydrogen-bond donors (Lipinski definition) is 1. The average molecular weight is 242 g/mol. The molecule has 0 aliphatic carbocycles. The van der Waals surface area contributed by atoms with Crippen LogP contribution in [0.5, 0.6) is 0 Å². The van der Waals surface area contributed by atoms with Crippen LogP contribution in [0.15, 0.2) is 0 Å². The maximum Gasteiger partial charge on any atom is 0.187 e. The van der Waals surface area contributed by atoms with Gasteiger partial charge in [0.25, 0.3) is 0 Å². The summed E-state index contributed by atoms with van der Waals surface area (Å²) < 4.78 is 22.5. The van der Waals surface area contributed by atoms with Crippen LogP contribution in [-0.4, -0.2) is 52.0 Å². The maximum absolute atomic E-state index is 5.80. The Labute approximate surface area is 97.6 Å². The fourth-order valence-corrected chi connectivity index (χ4v) is 2.26. The number of nitrogens with one attached hydrogen (secondary N) is 1. The second kappa shape index (κ2) is 3.70. The molecular weight excluding hydrogens is 228 g/mol. The summed E-state index contributed by atoms with van der Waals surface area (Å²) in [7, 11) is 1.57. The van der Waals surface area contributed by atoms with E-state index in [1.165, 1.54) is 0 Å². The van der Waals surface area contributed by atoms with Crippen molar-refractivity contribution in [3.63, 3.8) is 0 Å². The molecule has 0 spiro atoms. The molecule has 2 fully saturated rings. The number of ether oxygens (including phenoxy) is 4. The van der Waals surface area contributed by atoms with Crippen molar-refractivity contribution in [3.8, 4) is 0 Å². The highest BCUT2D eigenvalue weighted by molar-refractivity contribution is 5.02. The summed E-state index contributed by atoms with van der Waals surface area (Å²) in [5.41, 5.74) is 0. The second-order valence-electron chi connectivity index (χ2n) is 4.51. The van der Waals surface area contributed by atoms with Crippen LogP contribution < -0.4 is 0 Å². The van der Waals surface area contributed by atoms with Gasteiger partial charge < -0.3 is 18.9 Å². The Kier molecular flexibility index (Phi) is 2.40. The molecule has 1 aromatic heterocycles. The number of tetrazole rings is 1. The van der Waals surface area contributed by atoms with Crippen molar-refractivity contribution in [3.05, 3.63) is 5.82 Å². The summed E-state index contributed by atoms with van der Waals surface area (Å²) in [5, 5.41) is 13.6. The van der Waals surface area contributed by atoms with Gasteiger partial charge in [0.1, 0.15) is 12.2 Å². The Balaban J connectivity index is 1.88. The van der Waals surface area contributed by atoms with Gasteiger partial charge in [-0.25, -0.2) is 5.10 Å².